The van der Waals surface area contributed by atoms with E-state index in [0.717, 1.165) is 0 Å². The Morgan fingerprint density at radius 3 is 2.61 bits per heavy atom. The minimum Gasteiger partial charge on any atom is -0.428 e. The highest BCUT2D eigenvalue weighted by atomic mass is 35.5. The molecule has 0 spiro atoms. The number of para-hydroxylation sites is 2. The van der Waals surface area contributed by atoms with Crippen LogP contribution in [-0.4, -0.2) is 43.6 Å². The molecular weight excluding hydrogens is 512 g/mol. The van der Waals surface area contributed by atoms with E-state index < -0.39 is 28.4 Å². The topological polar surface area (TPSA) is 125 Å². The first-order chi connectivity index (χ1) is 18.1. The van der Waals surface area contributed by atoms with E-state index in [2.05, 4.69) is 10.5 Å². The van der Waals surface area contributed by atoms with Crippen LogP contribution in [0.25, 0.3) is 27.8 Å². The molecule has 2 aromatic heterocycles. The molecule has 1 aliphatic carbocycles. The van der Waals surface area contributed by atoms with Gasteiger partial charge in [0.2, 0.25) is 5.60 Å². The first-order valence-corrected chi connectivity index (χ1v) is 12.2. The van der Waals surface area contributed by atoms with Gasteiger partial charge < -0.3 is 9.26 Å². The van der Waals surface area contributed by atoms with Gasteiger partial charge >= 0.3 is 11.8 Å². The van der Waals surface area contributed by atoms with Crippen molar-refractivity contribution in [3.05, 3.63) is 82.3 Å². The molecule has 1 fully saturated rings. The van der Waals surface area contributed by atoms with Crippen LogP contribution in [0.4, 0.5) is 4.79 Å². The number of aromatic nitrogens is 3. The second-order valence-corrected chi connectivity index (χ2v) is 10.3. The van der Waals surface area contributed by atoms with Crippen molar-refractivity contribution in [2.45, 2.75) is 31.4 Å². The number of allylic oxidation sites excluding steroid dienone is 2. The predicted molar refractivity (Wildman–Crippen MR) is 138 cm³/mol. The lowest BCUT2D eigenvalue weighted by Crippen LogP contribution is -2.42. The fourth-order valence-electron chi connectivity index (χ4n) is 5.06. The number of imidazole rings is 1. The van der Waals surface area contributed by atoms with Gasteiger partial charge in [-0.25, -0.2) is 14.2 Å². The molecule has 1 N–H and O–H groups in total. The van der Waals surface area contributed by atoms with E-state index >= 15 is 0 Å². The molecule has 1 aliphatic heterocycles. The molecule has 0 radical (unpaired) electrons. The minimum absolute atomic E-state index is 0.151. The van der Waals surface area contributed by atoms with Gasteiger partial charge in [0.05, 0.1) is 21.8 Å². The number of fused-ring (bicyclic) bond motifs is 2. The Labute approximate surface area is 220 Å². The number of carbonyl (C=O) groups excluding carboxylic acids is 3. The lowest BCUT2D eigenvalue weighted by atomic mass is 9.77. The molecule has 6 rings (SSSR count). The second-order valence-electron chi connectivity index (χ2n) is 9.82. The Bertz CT molecular complexity index is 1800. The number of hydrogen-bond acceptors (Lipinski definition) is 7. The molecule has 3 atom stereocenters. The van der Waals surface area contributed by atoms with E-state index in [4.69, 9.17) is 20.9 Å². The smallest absolute Gasteiger partial charge is 0.415 e. The molecule has 1 saturated heterocycles. The van der Waals surface area contributed by atoms with Crippen LogP contribution in [0, 0.1) is 5.41 Å². The summed E-state index contributed by atoms with van der Waals surface area (Å²) in [7, 11) is 0. The van der Waals surface area contributed by atoms with Crippen molar-refractivity contribution in [1.29, 1.82) is 0 Å². The molecule has 2 amide bonds. The first kappa shape index (κ1) is 23.9. The van der Waals surface area contributed by atoms with Gasteiger partial charge in [-0.05, 0) is 31.2 Å². The Balaban J connectivity index is 1.49. The lowest BCUT2D eigenvalue weighted by Gasteiger charge is -2.35. The molecule has 10 nitrogen and oxygen atoms in total. The number of carbonyl (C=O) groups is 3. The molecule has 3 heterocycles. The highest BCUT2D eigenvalue weighted by Crippen LogP contribution is 2.41. The lowest BCUT2D eigenvalue weighted by molar-refractivity contribution is -0.127. The number of aldehydes is 1. The summed E-state index contributed by atoms with van der Waals surface area (Å²) >= 11 is 6.76. The van der Waals surface area contributed by atoms with Crippen molar-refractivity contribution in [3.63, 3.8) is 0 Å². The number of hydrogen-bond donors (Lipinski definition) is 1. The number of alkyl carbamates (subject to hydrolysis) is 1. The van der Waals surface area contributed by atoms with E-state index in [1.807, 2.05) is 25.1 Å². The average molecular weight is 533 g/mol. The number of halogens is 1. The summed E-state index contributed by atoms with van der Waals surface area (Å²) in [6.07, 6.45) is 5.06. The average Bonchev–Trinajstić information content (AvgIpc) is 3.52. The summed E-state index contributed by atoms with van der Waals surface area (Å²) < 4.78 is 13.8. The number of amides is 2. The summed E-state index contributed by atoms with van der Waals surface area (Å²) in [5.74, 6) is -0.273. The fraction of sp³-hybridized carbons (Fsp3) is 0.222. The number of alkyl halides is 1. The number of rotatable bonds is 5. The van der Waals surface area contributed by atoms with Gasteiger partial charge in [-0.1, -0.05) is 48.5 Å². The maximum Gasteiger partial charge on any atom is 0.415 e. The van der Waals surface area contributed by atoms with Gasteiger partial charge in [-0.15, -0.1) is 11.6 Å². The maximum atomic E-state index is 13.9. The molecule has 2 aliphatic rings. The van der Waals surface area contributed by atoms with Gasteiger partial charge in [-0.3, -0.25) is 19.5 Å². The van der Waals surface area contributed by atoms with E-state index in [0.29, 0.717) is 45.2 Å². The Hall–Kier alpha value is -4.44. The quantitative estimate of drug-likeness (QED) is 0.305. The normalized spacial score (nSPS) is 25.0. The summed E-state index contributed by atoms with van der Waals surface area (Å²) in [4.78, 5) is 49.4. The molecule has 0 bridgehead atoms. The number of cyclic esters (lactones) is 1. The molecule has 2 aromatic carbocycles. The molecule has 192 valence electrons. The highest BCUT2D eigenvalue weighted by Gasteiger charge is 2.49. The van der Waals surface area contributed by atoms with Crippen molar-refractivity contribution in [1.82, 2.24) is 19.6 Å². The number of ether oxygens (including phenoxy) is 1. The van der Waals surface area contributed by atoms with Gasteiger partial charge in [0.25, 0.3) is 5.91 Å². The zero-order chi connectivity index (χ0) is 26.8. The van der Waals surface area contributed by atoms with Crippen LogP contribution in [0.5, 0.6) is 0 Å². The standard InChI is InChI=1S/C27H21ClN4O6/c1-26(12-16(8-10-21(26)28)27(2)23(34)29-24(35)37-27)14-31-18-5-3-4-6-19(18)32(25(31)36)22-17-9-7-15(13-33)11-20(17)38-30-22/h3-13,21H,14H2,1-2H3,(H,29,34,35)/t21?,26?,27-/m1/s1. The summed E-state index contributed by atoms with van der Waals surface area (Å²) in [5.41, 5.74) is -0.198. The van der Waals surface area contributed by atoms with Crippen molar-refractivity contribution in [2.24, 2.45) is 5.41 Å². The van der Waals surface area contributed by atoms with Crippen molar-refractivity contribution < 1.29 is 23.6 Å². The highest BCUT2D eigenvalue weighted by molar-refractivity contribution is 6.22. The van der Waals surface area contributed by atoms with Crippen LogP contribution in [-0.2, 0) is 16.1 Å². The number of nitrogens with zero attached hydrogens (tertiary/aromatic N) is 3. The van der Waals surface area contributed by atoms with E-state index in [1.165, 1.54) is 11.5 Å². The number of nitrogens with one attached hydrogen (secondary N) is 1. The third-order valence-corrected chi connectivity index (χ3v) is 7.86. The summed E-state index contributed by atoms with van der Waals surface area (Å²) in [5, 5.41) is 6.36. The van der Waals surface area contributed by atoms with E-state index in [1.54, 1.807) is 47.1 Å². The first-order valence-electron chi connectivity index (χ1n) is 11.8. The van der Waals surface area contributed by atoms with Crippen LogP contribution in [0.1, 0.15) is 24.2 Å². The van der Waals surface area contributed by atoms with Gasteiger partial charge in [-0.2, -0.15) is 0 Å². The largest absolute Gasteiger partial charge is 0.428 e. The van der Waals surface area contributed by atoms with Gasteiger partial charge in [0.1, 0.15) is 6.29 Å². The SMILES string of the molecule is CC1(Cn2c(=O)n(-c3noc4cc(C=O)ccc34)c3ccccc32)C=C([C@@]2(C)OC(=O)NC2=O)C=CC1Cl. The van der Waals surface area contributed by atoms with Crippen LogP contribution >= 0.6 is 11.6 Å². The second kappa shape index (κ2) is 8.29. The van der Waals surface area contributed by atoms with Gasteiger partial charge in [0.15, 0.2) is 11.4 Å². The number of imide groups is 1. The maximum absolute atomic E-state index is 13.9. The van der Waals surface area contributed by atoms with Gasteiger partial charge in [0, 0.05) is 23.1 Å². The van der Waals surface area contributed by atoms with E-state index in [9.17, 15) is 19.2 Å². The predicted octanol–water partition coefficient (Wildman–Crippen LogP) is 3.88. The monoisotopic (exact) mass is 532 g/mol. The van der Waals surface area contributed by atoms with Crippen LogP contribution in [0.15, 0.2) is 75.6 Å². The van der Waals surface area contributed by atoms with Crippen LogP contribution < -0.4 is 11.0 Å². The van der Waals surface area contributed by atoms with Crippen molar-refractivity contribution in [2.75, 3.05) is 0 Å². The summed E-state index contributed by atoms with van der Waals surface area (Å²) in [6.45, 7) is 3.54. The third-order valence-electron chi connectivity index (χ3n) is 7.22. The van der Waals surface area contributed by atoms with Crippen LogP contribution in [0.2, 0.25) is 0 Å². The molecule has 4 aromatic rings. The number of benzene rings is 2. The summed E-state index contributed by atoms with van der Waals surface area (Å²) in [6, 6.07) is 12.2. The Morgan fingerprint density at radius 1 is 1.13 bits per heavy atom. The Morgan fingerprint density at radius 2 is 1.89 bits per heavy atom. The molecular formula is C27H21ClN4O6. The zero-order valence-electron chi connectivity index (χ0n) is 20.3. The minimum atomic E-state index is -1.51. The molecule has 38 heavy (non-hydrogen) atoms. The van der Waals surface area contributed by atoms with Crippen LogP contribution in [0.3, 0.4) is 0 Å². The molecule has 11 heteroatoms. The zero-order valence-corrected chi connectivity index (χ0v) is 21.1. The van der Waals surface area contributed by atoms with Crippen molar-refractivity contribution >= 4 is 51.9 Å². The fourth-order valence-corrected chi connectivity index (χ4v) is 5.27. The Kier molecular flexibility index (Phi) is 5.22. The third kappa shape index (κ3) is 3.44. The van der Waals surface area contributed by atoms with E-state index in [-0.39, 0.29) is 12.2 Å². The molecule has 0 saturated carbocycles. The molecule has 2 unspecified atom stereocenters. The van der Waals surface area contributed by atoms with Crippen molar-refractivity contribution in [3.8, 4) is 5.82 Å².